The van der Waals surface area contributed by atoms with Gasteiger partial charge in [0, 0.05) is 29.9 Å². The standard InChI is InChI=1S/C18H18N4O5/c23-17(9-14(11-21(25)26)16-10-19-6-7-20-16)22-15(12-27-18(22)24)8-13-4-2-1-3-5-13/h1-7,10,14-15H,8-9,11-12H2/t14-,15+/m0/s1. The first-order valence-electron chi connectivity index (χ1n) is 8.45. The van der Waals surface area contributed by atoms with E-state index in [2.05, 4.69) is 9.97 Å². The first kappa shape index (κ1) is 18.4. The molecule has 0 N–H and O–H groups in total. The smallest absolute Gasteiger partial charge is 0.416 e. The SMILES string of the molecule is O=C(C[C@@H](C[N+](=O)[O-])c1cnccn1)N1C(=O)OC[C@H]1Cc1ccccc1. The highest BCUT2D eigenvalue weighted by Gasteiger charge is 2.39. The van der Waals surface area contributed by atoms with Gasteiger partial charge in [0.1, 0.15) is 6.61 Å². The van der Waals surface area contributed by atoms with Crippen molar-refractivity contribution in [2.24, 2.45) is 0 Å². The van der Waals surface area contributed by atoms with Gasteiger partial charge in [-0.05, 0) is 12.0 Å². The van der Waals surface area contributed by atoms with E-state index < -0.39 is 35.4 Å². The Morgan fingerprint density at radius 3 is 2.78 bits per heavy atom. The molecule has 1 aliphatic heterocycles. The van der Waals surface area contributed by atoms with Crippen LogP contribution in [0, 0.1) is 10.1 Å². The lowest BCUT2D eigenvalue weighted by molar-refractivity contribution is -0.483. The van der Waals surface area contributed by atoms with Gasteiger partial charge in [-0.2, -0.15) is 0 Å². The van der Waals surface area contributed by atoms with Crippen molar-refractivity contribution in [3.8, 4) is 0 Å². The normalized spacial score (nSPS) is 17.4. The Morgan fingerprint density at radius 2 is 2.11 bits per heavy atom. The van der Waals surface area contributed by atoms with Gasteiger partial charge in [0.05, 0.1) is 17.7 Å². The Balaban J connectivity index is 1.75. The third kappa shape index (κ3) is 4.63. The summed E-state index contributed by atoms with van der Waals surface area (Å²) in [4.78, 5) is 44.4. The van der Waals surface area contributed by atoms with Gasteiger partial charge in [0.25, 0.3) is 0 Å². The summed E-state index contributed by atoms with van der Waals surface area (Å²) in [7, 11) is 0. The molecule has 9 heteroatoms. The number of aromatic nitrogens is 2. The van der Waals surface area contributed by atoms with Crippen molar-refractivity contribution in [3.63, 3.8) is 0 Å². The van der Waals surface area contributed by atoms with Crippen molar-refractivity contribution < 1.29 is 19.2 Å². The van der Waals surface area contributed by atoms with Crippen LogP contribution in [-0.2, 0) is 16.0 Å². The Morgan fingerprint density at radius 1 is 1.33 bits per heavy atom. The van der Waals surface area contributed by atoms with E-state index >= 15 is 0 Å². The molecule has 1 aliphatic rings. The fourth-order valence-corrected chi connectivity index (χ4v) is 3.08. The van der Waals surface area contributed by atoms with Gasteiger partial charge in [0.15, 0.2) is 0 Å². The maximum Gasteiger partial charge on any atom is 0.416 e. The maximum absolute atomic E-state index is 12.8. The molecule has 0 bridgehead atoms. The zero-order valence-electron chi connectivity index (χ0n) is 14.4. The number of amides is 2. The Labute approximate surface area is 155 Å². The highest BCUT2D eigenvalue weighted by atomic mass is 16.6. The number of imide groups is 1. The Hall–Kier alpha value is -3.36. The first-order valence-corrected chi connectivity index (χ1v) is 8.45. The van der Waals surface area contributed by atoms with Gasteiger partial charge in [-0.25, -0.2) is 9.69 Å². The molecule has 1 fully saturated rings. The van der Waals surface area contributed by atoms with Crippen molar-refractivity contribution in [1.29, 1.82) is 0 Å². The number of rotatable bonds is 7. The van der Waals surface area contributed by atoms with Gasteiger partial charge in [0.2, 0.25) is 12.5 Å². The summed E-state index contributed by atoms with van der Waals surface area (Å²) in [6, 6.07) is 9.00. The van der Waals surface area contributed by atoms with Crippen molar-refractivity contribution in [2.45, 2.75) is 24.8 Å². The third-order valence-electron chi connectivity index (χ3n) is 4.34. The fourth-order valence-electron chi connectivity index (χ4n) is 3.08. The number of carbonyl (C=O) groups excluding carboxylic acids is 2. The maximum atomic E-state index is 12.8. The second kappa shape index (κ2) is 8.35. The van der Waals surface area contributed by atoms with E-state index in [9.17, 15) is 19.7 Å². The predicted molar refractivity (Wildman–Crippen MR) is 93.4 cm³/mol. The second-order valence-corrected chi connectivity index (χ2v) is 6.23. The number of hydrogen-bond acceptors (Lipinski definition) is 7. The van der Waals surface area contributed by atoms with E-state index in [1.165, 1.54) is 18.6 Å². The summed E-state index contributed by atoms with van der Waals surface area (Å²) in [5.74, 6) is -1.29. The minimum Gasteiger partial charge on any atom is -0.447 e. The summed E-state index contributed by atoms with van der Waals surface area (Å²) in [5.41, 5.74) is 1.31. The van der Waals surface area contributed by atoms with Crippen molar-refractivity contribution in [3.05, 3.63) is 70.3 Å². The van der Waals surface area contributed by atoms with Crippen LogP contribution in [0.15, 0.2) is 48.9 Å². The largest absolute Gasteiger partial charge is 0.447 e. The van der Waals surface area contributed by atoms with Crippen LogP contribution in [0.2, 0.25) is 0 Å². The fraction of sp³-hybridized carbons (Fsp3) is 0.333. The second-order valence-electron chi connectivity index (χ2n) is 6.23. The summed E-state index contributed by atoms with van der Waals surface area (Å²) < 4.78 is 5.04. The molecule has 1 aromatic heterocycles. The summed E-state index contributed by atoms with van der Waals surface area (Å²) in [5, 5.41) is 11.0. The van der Waals surface area contributed by atoms with Crippen LogP contribution >= 0.6 is 0 Å². The number of hydrogen-bond donors (Lipinski definition) is 0. The molecule has 2 heterocycles. The molecule has 0 unspecified atom stereocenters. The van der Waals surface area contributed by atoms with Crippen LogP contribution in [0.1, 0.15) is 23.6 Å². The van der Waals surface area contributed by atoms with Gasteiger partial charge >= 0.3 is 6.09 Å². The van der Waals surface area contributed by atoms with Crippen LogP contribution in [0.4, 0.5) is 4.79 Å². The average molecular weight is 370 g/mol. The number of ether oxygens (including phenoxy) is 1. The lowest BCUT2D eigenvalue weighted by Gasteiger charge is -2.21. The lowest BCUT2D eigenvalue weighted by atomic mass is 9.99. The summed E-state index contributed by atoms with van der Waals surface area (Å²) >= 11 is 0. The molecule has 9 nitrogen and oxygen atoms in total. The molecule has 2 atom stereocenters. The monoisotopic (exact) mass is 370 g/mol. The van der Waals surface area contributed by atoms with Gasteiger partial charge in [-0.1, -0.05) is 30.3 Å². The molecule has 3 rings (SSSR count). The van der Waals surface area contributed by atoms with Crippen LogP contribution in [-0.4, -0.2) is 51.0 Å². The topological polar surface area (TPSA) is 116 Å². The summed E-state index contributed by atoms with van der Waals surface area (Å²) in [6.07, 6.45) is 3.77. The van der Waals surface area contributed by atoms with E-state index in [1.54, 1.807) is 0 Å². The van der Waals surface area contributed by atoms with Crippen LogP contribution in [0.3, 0.4) is 0 Å². The molecule has 140 valence electrons. The van der Waals surface area contributed by atoms with Crippen molar-refractivity contribution >= 4 is 12.0 Å². The first-order chi connectivity index (χ1) is 13.0. The minimum atomic E-state index is -0.771. The van der Waals surface area contributed by atoms with Crippen LogP contribution in [0.5, 0.6) is 0 Å². The van der Waals surface area contributed by atoms with E-state index in [0.717, 1.165) is 10.5 Å². The van der Waals surface area contributed by atoms with Crippen molar-refractivity contribution in [2.75, 3.05) is 13.2 Å². The van der Waals surface area contributed by atoms with Gasteiger partial charge in [-0.3, -0.25) is 24.9 Å². The Bertz CT molecular complexity index is 815. The van der Waals surface area contributed by atoms with Crippen LogP contribution < -0.4 is 0 Å². The van der Waals surface area contributed by atoms with Crippen LogP contribution in [0.25, 0.3) is 0 Å². The zero-order valence-corrected chi connectivity index (χ0v) is 14.4. The number of carbonyl (C=O) groups is 2. The molecule has 2 aromatic rings. The average Bonchev–Trinajstić information content (AvgIpc) is 3.02. The molecule has 0 aliphatic carbocycles. The molecule has 1 aromatic carbocycles. The quantitative estimate of drug-likeness (QED) is 0.539. The molecular formula is C18H18N4O5. The van der Waals surface area contributed by atoms with E-state index in [0.29, 0.717) is 12.1 Å². The molecule has 0 spiro atoms. The summed E-state index contributed by atoms with van der Waals surface area (Å²) in [6.45, 7) is -0.374. The number of nitrogens with zero attached hydrogens (tertiary/aromatic N) is 4. The Kier molecular flexibility index (Phi) is 5.70. The predicted octanol–water partition coefficient (Wildman–Crippen LogP) is 1.82. The van der Waals surface area contributed by atoms with Crippen molar-refractivity contribution in [1.82, 2.24) is 14.9 Å². The van der Waals surface area contributed by atoms with E-state index in [1.807, 2.05) is 30.3 Å². The van der Waals surface area contributed by atoms with Gasteiger partial charge < -0.3 is 4.74 Å². The number of cyclic esters (lactones) is 1. The highest BCUT2D eigenvalue weighted by molar-refractivity contribution is 5.93. The molecule has 1 saturated heterocycles. The minimum absolute atomic E-state index is 0.102. The molecule has 0 saturated carbocycles. The highest BCUT2D eigenvalue weighted by Crippen LogP contribution is 2.23. The van der Waals surface area contributed by atoms with E-state index in [4.69, 9.17) is 4.74 Å². The zero-order chi connectivity index (χ0) is 19.2. The van der Waals surface area contributed by atoms with Gasteiger partial charge in [-0.15, -0.1) is 0 Å². The number of nitro groups is 1. The third-order valence-corrected chi connectivity index (χ3v) is 4.34. The number of benzene rings is 1. The van der Waals surface area contributed by atoms with E-state index in [-0.39, 0.29) is 13.0 Å². The molecule has 27 heavy (non-hydrogen) atoms. The molecule has 2 amide bonds. The lowest BCUT2D eigenvalue weighted by Crippen LogP contribution is -2.41. The molecular weight excluding hydrogens is 352 g/mol. The molecule has 0 radical (unpaired) electrons.